The van der Waals surface area contributed by atoms with Gasteiger partial charge in [-0.2, -0.15) is 0 Å². The first-order chi connectivity index (χ1) is 13.8. The van der Waals surface area contributed by atoms with Gasteiger partial charge in [-0.25, -0.2) is 4.79 Å². The Morgan fingerprint density at radius 2 is 1.90 bits per heavy atom. The van der Waals surface area contributed by atoms with Crippen LogP contribution in [0.1, 0.15) is 22.8 Å². The molecule has 1 fully saturated rings. The van der Waals surface area contributed by atoms with E-state index in [2.05, 4.69) is 5.32 Å². The Balaban J connectivity index is 1.77. The van der Waals surface area contributed by atoms with E-state index in [-0.39, 0.29) is 21.5 Å². The van der Waals surface area contributed by atoms with E-state index >= 15 is 0 Å². The number of thioether (sulfide) groups is 1. The number of amides is 2. The van der Waals surface area contributed by atoms with Gasteiger partial charge in [0, 0.05) is 5.69 Å². The van der Waals surface area contributed by atoms with Crippen LogP contribution in [0.5, 0.6) is 5.75 Å². The van der Waals surface area contributed by atoms with Crippen LogP contribution < -0.4 is 5.32 Å². The van der Waals surface area contributed by atoms with E-state index in [4.69, 9.17) is 17.3 Å². The molecule has 1 unspecified atom stereocenters. The van der Waals surface area contributed by atoms with Crippen LogP contribution in [0.2, 0.25) is 0 Å². The first-order valence-corrected chi connectivity index (χ1v) is 9.69. The van der Waals surface area contributed by atoms with Crippen molar-refractivity contribution in [3.05, 3.63) is 64.6 Å². The summed E-state index contributed by atoms with van der Waals surface area (Å²) in [4.78, 5) is 38.1. The van der Waals surface area contributed by atoms with Crippen molar-refractivity contribution in [1.29, 1.82) is 0 Å². The number of carbonyl (C=O) groups excluding carboxylic acids is 2. The molecule has 1 aliphatic rings. The smallest absolute Gasteiger partial charge is 0.339 e. The van der Waals surface area contributed by atoms with E-state index in [1.165, 1.54) is 24.0 Å². The third-order valence-electron chi connectivity index (χ3n) is 4.18. The molecule has 1 saturated heterocycles. The van der Waals surface area contributed by atoms with Gasteiger partial charge in [0.1, 0.15) is 21.7 Å². The number of hydrogen-bond acceptors (Lipinski definition) is 6. The lowest BCUT2D eigenvalue weighted by Gasteiger charge is -2.22. The quantitative estimate of drug-likeness (QED) is 0.381. The Morgan fingerprint density at radius 1 is 1.21 bits per heavy atom. The summed E-state index contributed by atoms with van der Waals surface area (Å²) in [6.45, 7) is 1.53. The predicted octanol–water partition coefficient (Wildman–Crippen LogP) is 3.32. The number of aromatic hydroxyl groups is 1. The number of benzene rings is 2. The van der Waals surface area contributed by atoms with E-state index in [0.717, 1.165) is 23.4 Å². The highest BCUT2D eigenvalue weighted by atomic mass is 32.2. The largest absolute Gasteiger partial charge is 0.507 e. The minimum absolute atomic E-state index is 0.183. The van der Waals surface area contributed by atoms with Crippen molar-refractivity contribution in [2.24, 2.45) is 0 Å². The van der Waals surface area contributed by atoms with Gasteiger partial charge in [0.2, 0.25) is 5.91 Å². The minimum atomic E-state index is -1.32. The van der Waals surface area contributed by atoms with Crippen LogP contribution in [0, 0.1) is 0 Å². The van der Waals surface area contributed by atoms with Gasteiger partial charge in [0.15, 0.2) is 0 Å². The number of nitrogens with zero attached hydrogens (tertiary/aromatic N) is 1. The van der Waals surface area contributed by atoms with E-state index in [0.29, 0.717) is 4.91 Å². The van der Waals surface area contributed by atoms with E-state index in [1.807, 2.05) is 30.3 Å². The Morgan fingerprint density at radius 3 is 2.55 bits per heavy atom. The van der Waals surface area contributed by atoms with Gasteiger partial charge in [-0.1, -0.05) is 54.3 Å². The Bertz CT molecular complexity index is 1040. The lowest BCUT2D eigenvalue weighted by molar-refractivity contribution is -0.129. The van der Waals surface area contributed by atoms with Gasteiger partial charge >= 0.3 is 5.97 Å². The molecule has 2 aromatic carbocycles. The Labute approximate surface area is 176 Å². The van der Waals surface area contributed by atoms with Crippen molar-refractivity contribution < 1.29 is 24.6 Å². The monoisotopic (exact) mass is 428 g/mol. The maximum atomic E-state index is 12.8. The number of thiocarbonyl (C=S) groups is 1. The lowest BCUT2D eigenvalue weighted by Crippen LogP contribution is -2.44. The van der Waals surface area contributed by atoms with Gasteiger partial charge in [0.05, 0.1) is 4.91 Å². The second kappa shape index (κ2) is 8.46. The predicted molar refractivity (Wildman–Crippen MR) is 115 cm³/mol. The van der Waals surface area contributed by atoms with Gasteiger partial charge < -0.3 is 15.5 Å². The summed E-state index contributed by atoms with van der Waals surface area (Å²) in [5.74, 6) is -2.64. The number of carbonyl (C=O) groups is 3. The number of hydrogen-bond donors (Lipinski definition) is 3. The molecule has 0 bridgehead atoms. The molecule has 7 nitrogen and oxygen atoms in total. The summed E-state index contributed by atoms with van der Waals surface area (Å²) in [7, 11) is 0. The molecular formula is C20H16N2O5S2. The minimum Gasteiger partial charge on any atom is -0.507 e. The molecule has 3 N–H and O–H groups in total. The van der Waals surface area contributed by atoms with Crippen LogP contribution in [0.25, 0.3) is 6.08 Å². The Hall–Kier alpha value is -3.17. The van der Waals surface area contributed by atoms with Crippen molar-refractivity contribution in [2.75, 3.05) is 5.32 Å². The molecule has 29 heavy (non-hydrogen) atoms. The van der Waals surface area contributed by atoms with Crippen LogP contribution >= 0.6 is 24.0 Å². The number of aromatic carboxylic acids is 1. The fourth-order valence-electron chi connectivity index (χ4n) is 2.66. The molecule has 0 aliphatic carbocycles. The molecule has 0 saturated carbocycles. The average molecular weight is 428 g/mol. The average Bonchev–Trinajstić information content (AvgIpc) is 2.96. The molecule has 1 aliphatic heterocycles. The highest BCUT2D eigenvalue weighted by Crippen LogP contribution is 2.34. The molecular weight excluding hydrogens is 412 g/mol. The van der Waals surface area contributed by atoms with Crippen LogP contribution in [-0.2, 0) is 9.59 Å². The Kier molecular flexibility index (Phi) is 6.00. The summed E-state index contributed by atoms with van der Waals surface area (Å²) in [6.07, 6.45) is 1.71. The maximum Gasteiger partial charge on any atom is 0.339 e. The van der Waals surface area contributed by atoms with E-state index in [1.54, 1.807) is 6.08 Å². The summed E-state index contributed by atoms with van der Waals surface area (Å²) in [5.41, 5.74) is 0.685. The molecule has 3 rings (SSSR count). The van der Waals surface area contributed by atoms with Crippen LogP contribution in [-0.4, -0.2) is 43.3 Å². The molecule has 0 radical (unpaired) electrons. The maximum absolute atomic E-state index is 12.8. The molecule has 2 amide bonds. The summed E-state index contributed by atoms with van der Waals surface area (Å²) >= 11 is 6.39. The van der Waals surface area contributed by atoms with Gasteiger partial charge in [-0.05, 0) is 36.8 Å². The number of phenols is 1. The first-order valence-electron chi connectivity index (χ1n) is 8.47. The SMILES string of the molecule is CC(C(=O)Nc1ccc(O)c(C(=O)O)c1)N1C(=O)/C(=C/c2ccccc2)SC1=S. The van der Waals surface area contributed by atoms with Gasteiger partial charge in [0.25, 0.3) is 5.91 Å². The van der Waals surface area contributed by atoms with E-state index in [9.17, 15) is 19.5 Å². The number of nitrogens with one attached hydrogen (secondary N) is 1. The lowest BCUT2D eigenvalue weighted by atomic mass is 10.1. The fraction of sp³-hybridized carbons (Fsp3) is 0.100. The van der Waals surface area contributed by atoms with Crippen molar-refractivity contribution in [3.8, 4) is 5.75 Å². The van der Waals surface area contributed by atoms with Gasteiger partial charge in [-0.15, -0.1) is 0 Å². The summed E-state index contributed by atoms with van der Waals surface area (Å²) in [6, 6.07) is 12.1. The van der Waals surface area contributed by atoms with Gasteiger partial charge in [-0.3, -0.25) is 14.5 Å². The van der Waals surface area contributed by atoms with Crippen molar-refractivity contribution >= 4 is 57.8 Å². The third kappa shape index (κ3) is 4.47. The van der Waals surface area contributed by atoms with E-state index < -0.39 is 23.7 Å². The number of carboxylic acids is 1. The highest BCUT2D eigenvalue weighted by molar-refractivity contribution is 8.26. The number of anilines is 1. The second-order valence-corrected chi connectivity index (χ2v) is 7.84. The normalized spacial score (nSPS) is 16.2. The molecule has 0 aromatic heterocycles. The standard InChI is InChI=1S/C20H16N2O5S2/c1-11(17(24)21-13-7-8-15(23)14(10-13)19(26)27)22-18(25)16(29-20(22)28)9-12-5-3-2-4-6-12/h2-11,23H,1H3,(H,21,24)(H,26,27)/b16-9-. The molecule has 2 aromatic rings. The first kappa shape index (κ1) is 20.6. The zero-order chi connectivity index (χ0) is 21.1. The van der Waals surface area contributed by atoms with Crippen LogP contribution in [0.15, 0.2) is 53.4 Å². The highest BCUT2D eigenvalue weighted by Gasteiger charge is 2.38. The molecule has 0 spiro atoms. The van der Waals surface area contributed by atoms with Crippen molar-refractivity contribution in [2.45, 2.75) is 13.0 Å². The zero-order valence-electron chi connectivity index (χ0n) is 15.2. The van der Waals surface area contributed by atoms with Crippen molar-refractivity contribution in [3.63, 3.8) is 0 Å². The molecule has 1 atom stereocenters. The number of rotatable bonds is 5. The third-order valence-corrected chi connectivity index (χ3v) is 5.51. The van der Waals surface area contributed by atoms with Crippen LogP contribution in [0.4, 0.5) is 5.69 Å². The number of carboxylic acid groups (broad SMARTS) is 1. The van der Waals surface area contributed by atoms with Crippen LogP contribution in [0.3, 0.4) is 0 Å². The molecule has 148 valence electrons. The fourth-order valence-corrected chi connectivity index (χ4v) is 4.08. The molecule has 9 heteroatoms. The summed E-state index contributed by atoms with van der Waals surface area (Å²) < 4.78 is 0.261. The zero-order valence-corrected chi connectivity index (χ0v) is 16.8. The second-order valence-electron chi connectivity index (χ2n) is 6.16. The van der Waals surface area contributed by atoms with Crippen molar-refractivity contribution in [1.82, 2.24) is 4.90 Å². The topological polar surface area (TPSA) is 107 Å². The molecule has 1 heterocycles. The summed E-state index contributed by atoms with van der Waals surface area (Å²) in [5, 5.41) is 21.2.